The Labute approximate surface area is 117 Å². The van der Waals surface area contributed by atoms with Crippen molar-refractivity contribution < 1.29 is 19.4 Å². The highest BCUT2D eigenvalue weighted by atomic mass is 16.6. The van der Waals surface area contributed by atoms with Gasteiger partial charge in [0.15, 0.2) is 0 Å². The third-order valence-electron chi connectivity index (χ3n) is 3.28. The number of unbranched alkanes of at least 4 members (excludes halogenated alkanes) is 1. The molecule has 20 heavy (non-hydrogen) atoms. The Hall–Kier alpha value is -2.05. The van der Waals surface area contributed by atoms with Crippen LogP contribution in [0.1, 0.15) is 31.0 Å². The molecule has 0 unspecified atom stereocenters. The molecule has 1 aliphatic heterocycles. The molecule has 0 atom stereocenters. The van der Waals surface area contributed by atoms with E-state index in [4.69, 9.17) is 9.84 Å². The van der Waals surface area contributed by atoms with Crippen molar-refractivity contribution >= 4 is 12.1 Å². The van der Waals surface area contributed by atoms with Gasteiger partial charge in [-0.2, -0.15) is 5.10 Å². The van der Waals surface area contributed by atoms with Gasteiger partial charge < -0.3 is 14.7 Å². The summed E-state index contributed by atoms with van der Waals surface area (Å²) < 4.78 is 6.66. The number of rotatable bonds is 5. The van der Waals surface area contributed by atoms with Gasteiger partial charge in [-0.05, 0) is 6.42 Å². The maximum atomic E-state index is 11.8. The van der Waals surface area contributed by atoms with Crippen molar-refractivity contribution in [1.29, 1.82) is 0 Å². The van der Waals surface area contributed by atoms with Crippen LogP contribution in [-0.4, -0.2) is 45.0 Å². The molecule has 0 radical (unpaired) electrons. The van der Waals surface area contributed by atoms with E-state index < -0.39 is 5.97 Å². The van der Waals surface area contributed by atoms with Gasteiger partial charge in [0.25, 0.3) is 0 Å². The Balaban J connectivity index is 1.96. The highest BCUT2D eigenvalue weighted by Crippen LogP contribution is 2.19. The Morgan fingerprint density at radius 1 is 1.50 bits per heavy atom. The summed E-state index contributed by atoms with van der Waals surface area (Å²) in [6.45, 7) is 3.30. The van der Waals surface area contributed by atoms with Crippen LogP contribution in [0, 0.1) is 0 Å². The van der Waals surface area contributed by atoms with E-state index in [0.29, 0.717) is 26.1 Å². The van der Waals surface area contributed by atoms with Crippen molar-refractivity contribution in [1.82, 2.24) is 14.7 Å². The summed E-state index contributed by atoms with van der Waals surface area (Å²) in [5.41, 5.74) is 1.79. The van der Waals surface area contributed by atoms with Crippen LogP contribution in [-0.2, 0) is 29.0 Å². The van der Waals surface area contributed by atoms with Crippen molar-refractivity contribution in [3.8, 4) is 0 Å². The number of fused-ring (bicyclic) bond motifs is 1. The first-order valence-corrected chi connectivity index (χ1v) is 6.79. The summed E-state index contributed by atoms with van der Waals surface area (Å²) in [6, 6.07) is 0. The summed E-state index contributed by atoms with van der Waals surface area (Å²) in [5.74, 6) is -0.919. The van der Waals surface area contributed by atoms with Gasteiger partial charge in [0.2, 0.25) is 0 Å². The highest BCUT2D eigenvalue weighted by Gasteiger charge is 2.25. The average Bonchev–Trinajstić information content (AvgIpc) is 2.80. The first-order valence-electron chi connectivity index (χ1n) is 6.79. The number of amides is 1. The topological polar surface area (TPSA) is 84.7 Å². The van der Waals surface area contributed by atoms with Gasteiger partial charge in [-0.25, -0.2) is 4.79 Å². The van der Waals surface area contributed by atoms with E-state index in [0.717, 1.165) is 24.1 Å². The molecule has 0 aromatic carbocycles. The summed E-state index contributed by atoms with van der Waals surface area (Å²) in [5, 5.41) is 12.9. The largest absolute Gasteiger partial charge is 0.480 e. The maximum Gasteiger partial charge on any atom is 0.410 e. The zero-order valence-electron chi connectivity index (χ0n) is 11.5. The van der Waals surface area contributed by atoms with E-state index in [-0.39, 0.29) is 12.6 Å². The van der Waals surface area contributed by atoms with E-state index in [1.165, 1.54) is 4.68 Å². The fraction of sp³-hybridized carbons (Fsp3) is 0.615. The minimum Gasteiger partial charge on any atom is -0.480 e. The Kier molecular flexibility index (Phi) is 4.60. The summed E-state index contributed by atoms with van der Waals surface area (Å²) in [6.07, 6.45) is 3.77. The van der Waals surface area contributed by atoms with E-state index in [2.05, 4.69) is 5.10 Å². The standard InChI is InChI=1S/C13H19N3O4/c1-2-3-6-20-13(19)15-5-4-11-10(8-15)7-14-16(11)9-12(17)18/h7H,2-6,8-9H2,1H3,(H,17,18). The molecule has 1 aliphatic rings. The Morgan fingerprint density at radius 2 is 2.30 bits per heavy atom. The van der Waals surface area contributed by atoms with E-state index >= 15 is 0 Å². The molecule has 0 bridgehead atoms. The second-order valence-corrected chi connectivity index (χ2v) is 4.81. The van der Waals surface area contributed by atoms with Crippen LogP contribution in [0.3, 0.4) is 0 Å². The van der Waals surface area contributed by atoms with Gasteiger partial charge >= 0.3 is 12.1 Å². The SMILES string of the molecule is CCCCOC(=O)N1CCc2c(cnn2CC(=O)O)C1. The van der Waals surface area contributed by atoms with Crippen molar-refractivity contribution in [2.75, 3.05) is 13.2 Å². The lowest BCUT2D eigenvalue weighted by Crippen LogP contribution is -2.37. The molecule has 110 valence electrons. The monoisotopic (exact) mass is 281 g/mol. The predicted molar refractivity (Wildman–Crippen MR) is 70.2 cm³/mol. The third-order valence-corrected chi connectivity index (χ3v) is 3.28. The molecular formula is C13H19N3O4. The third kappa shape index (κ3) is 3.28. The highest BCUT2D eigenvalue weighted by molar-refractivity contribution is 5.68. The molecule has 0 spiro atoms. The number of hydrogen-bond donors (Lipinski definition) is 1. The van der Waals surface area contributed by atoms with Crippen LogP contribution in [0.25, 0.3) is 0 Å². The van der Waals surface area contributed by atoms with Crippen molar-refractivity contribution in [3.05, 3.63) is 17.5 Å². The van der Waals surface area contributed by atoms with Gasteiger partial charge in [0.1, 0.15) is 6.54 Å². The number of nitrogens with zero attached hydrogens (tertiary/aromatic N) is 3. The smallest absolute Gasteiger partial charge is 0.410 e. The number of carbonyl (C=O) groups is 2. The Morgan fingerprint density at radius 3 is 3.00 bits per heavy atom. The van der Waals surface area contributed by atoms with Crippen LogP contribution in [0.15, 0.2) is 6.20 Å². The predicted octanol–water partition coefficient (Wildman–Crippen LogP) is 1.26. The molecule has 2 rings (SSSR count). The number of ether oxygens (including phenoxy) is 1. The van der Waals surface area contributed by atoms with E-state index in [1.807, 2.05) is 6.92 Å². The zero-order chi connectivity index (χ0) is 14.5. The maximum absolute atomic E-state index is 11.8. The van der Waals surface area contributed by atoms with Gasteiger partial charge in [0.05, 0.1) is 19.3 Å². The molecule has 7 heteroatoms. The molecule has 1 amide bonds. The first-order chi connectivity index (χ1) is 9.61. The minimum absolute atomic E-state index is 0.143. The number of carboxylic acids is 1. The number of carbonyl (C=O) groups excluding carboxylic acids is 1. The molecular weight excluding hydrogens is 262 g/mol. The molecule has 0 saturated heterocycles. The zero-order valence-corrected chi connectivity index (χ0v) is 11.5. The molecule has 1 aromatic rings. The van der Waals surface area contributed by atoms with Gasteiger partial charge in [0, 0.05) is 24.2 Å². The van der Waals surface area contributed by atoms with Crippen LogP contribution >= 0.6 is 0 Å². The molecule has 0 aliphatic carbocycles. The molecule has 0 saturated carbocycles. The van der Waals surface area contributed by atoms with Crippen LogP contribution < -0.4 is 0 Å². The summed E-state index contributed by atoms with van der Waals surface area (Å²) in [4.78, 5) is 24.2. The van der Waals surface area contributed by atoms with Crippen molar-refractivity contribution in [2.24, 2.45) is 0 Å². The second-order valence-electron chi connectivity index (χ2n) is 4.81. The lowest BCUT2D eigenvalue weighted by Gasteiger charge is -2.26. The molecule has 7 nitrogen and oxygen atoms in total. The van der Waals surface area contributed by atoms with Crippen molar-refractivity contribution in [3.63, 3.8) is 0 Å². The average molecular weight is 281 g/mol. The fourth-order valence-electron chi connectivity index (χ4n) is 2.21. The number of carboxylic acid groups (broad SMARTS) is 1. The number of hydrogen-bond acceptors (Lipinski definition) is 4. The summed E-state index contributed by atoms with van der Waals surface area (Å²) >= 11 is 0. The lowest BCUT2D eigenvalue weighted by molar-refractivity contribution is -0.137. The van der Waals surface area contributed by atoms with Gasteiger partial charge in [-0.3, -0.25) is 9.48 Å². The first kappa shape index (κ1) is 14.4. The van der Waals surface area contributed by atoms with Gasteiger partial charge in [-0.15, -0.1) is 0 Å². The van der Waals surface area contributed by atoms with Gasteiger partial charge in [-0.1, -0.05) is 13.3 Å². The van der Waals surface area contributed by atoms with E-state index in [9.17, 15) is 9.59 Å². The summed E-state index contributed by atoms with van der Waals surface area (Å²) in [7, 11) is 0. The molecule has 1 aromatic heterocycles. The normalized spacial score (nSPS) is 13.9. The van der Waals surface area contributed by atoms with E-state index in [1.54, 1.807) is 11.1 Å². The fourth-order valence-corrected chi connectivity index (χ4v) is 2.21. The Bertz CT molecular complexity index is 498. The van der Waals surface area contributed by atoms with Crippen LogP contribution in [0.5, 0.6) is 0 Å². The number of aliphatic carboxylic acids is 1. The van der Waals surface area contributed by atoms with Crippen LogP contribution in [0.4, 0.5) is 4.79 Å². The molecule has 2 heterocycles. The minimum atomic E-state index is -0.919. The van der Waals surface area contributed by atoms with Crippen LogP contribution in [0.2, 0.25) is 0 Å². The number of aromatic nitrogens is 2. The molecule has 1 N–H and O–H groups in total. The lowest BCUT2D eigenvalue weighted by atomic mass is 10.1. The quantitative estimate of drug-likeness (QED) is 0.821. The second kappa shape index (κ2) is 6.40. The molecule has 0 fully saturated rings. The van der Waals surface area contributed by atoms with Crippen molar-refractivity contribution in [2.45, 2.75) is 39.3 Å².